The molecule has 0 bridgehead atoms. The molecule has 1 saturated heterocycles. The topological polar surface area (TPSA) is 94.5 Å². The number of carbonyl (C=O) groups excluding carboxylic acids is 2. The Kier molecular flexibility index (Phi) is 4.36. The van der Waals surface area contributed by atoms with Gasteiger partial charge in [-0.15, -0.1) is 0 Å². The second kappa shape index (κ2) is 6.37. The third-order valence-electron chi connectivity index (χ3n) is 4.80. The quantitative estimate of drug-likeness (QED) is 0.852. The molecule has 0 aliphatic carbocycles. The van der Waals surface area contributed by atoms with E-state index in [-0.39, 0.29) is 5.91 Å². The van der Waals surface area contributed by atoms with E-state index in [1.807, 2.05) is 20.8 Å². The van der Waals surface area contributed by atoms with Crippen molar-refractivity contribution in [3.63, 3.8) is 0 Å². The number of carbonyl (C=O) groups is 2. The molecular weight excluding hydrogens is 332 g/mol. The van der Waals surface area contributed by atoms with Gasteiger partial charge in [0.05, 0.1) is 23.0 Å². The third-order valence-corrected chi connectivity index (χ3v) is 4.80. The summed E-state index contributed by atoms with van der Waals surface area (Å²) in [6.45, 7) is 6.08. The first-order valence-electron chi connectivity index (χ1n) is 8.57. The molecule has 0 spiro atoms. The number of hydrogen-bond donors (Lipinski definition) is 2. The maximum Gasteiger partial charge on any atom is 0.318 e. The summed E-state index contributed by atoms with van der Waals surface area (Å²) in [4.78, 5) is 26.3. The van der Waals surface area contributed by atoms with E-state index in [9.17, 15) is 14.9 Å². The van der Waals surface area contributed by atoms with Gasteiger partial charge in [0.2, 0.25) is 5.91 Å². The number of hydrogen-bond acceptors (Lipinski definition) is 4. The fraction of sp³-hybridized carbons (Fsp3) is 0.421. The molecule has 0 unspecified atom stereocenters. The van der Waals surface area contributed by atoms with Crippen LogP contribution in [0.25, 0.3) is 5.70 Å². The molecule has 0 atom stereocenters. The van der Waals surface area contributed by atoms with Crippen molar-refractivity contribution in [1.82, 2.24) is 15.5 Å². The van der Waals surface area contributed by atoms with Crippen LogP contribution >= 0.6 is 0 Å². The van der Waals surface area contributed by atoms with Gasteiger partial charge in [-0.1, -0.05) is 0 Å². The van der Waals surface area contributed by atoms with Crippen molar-refractivity contribution in [3.8, 4) is 11.8 Å². The monoisotopic (exact) mass is 354 g/mol. The molecule has 7 nitrogen and oxygen atoms in total. The summed E-state index contributed by atoms with van der Waals surface area (Å²) < 4.78 is 6.13. The van der Waals surface area contributed by atoms with Crippen molar-refractivity contribution in [3.05, 3.63) is 34.5 Å². The van der Waals surface area contributed by atoms with Gasteiger partial charge in [-0.2, -0.15) is 5.26 Å². The minimum Gasteiger partial charge on any atom is -0.481 e. The van der Waals surface area contributed by atoms with Crippen LogP contribution in [-0.4, -0.2) is 36.0 Å². The summed E-state index contributed by atoms with van der Waals surface area (Å²) in [5, 5.41) is 14.8. The van der Waals surface area contributed by atoms with E-state index in [1.165, 1.54) is 7.05 Å². The number of rotatable bonds is 2. The van der Waals surface area contributed by atoms with E-state index in [0.29, 0.717) is 41.2 Å². The molecule has 26 heavy (non-hydrogen) atoms. The normalized spacial score (nSPS) is 18.1. The molecule has 0 saturated carbocycles. The predicted octanol–water partition coefficient (Wildman–Crippen LogP) is 2.26. The number of nitriles is 1. The summed E-state index contributed by atoms with van der Waals surface area (Å²) >= 11 is 0. The zero-order valence-corrected chi connectivity index (χ0v) is 15.4. The Hall–Kier alpha value is -3.01. The van der Waals surface area contributed by atoms with E-state index < -0.39 is 11.6 Å². The SMILES string of the molecule is CNC(=O)NC1=C(N2CCCC2=O)c2c(ccc(C#N)c2C)OC1(C)C. The highest BCUT2D eigenvalue weighted by atomic mass is 16.5. The van der Waals surface area contributed by atoms with Gasteiger partial charge in [0.25, 0.3) is 0 Å². The van der Waals surface area contributed by atoms with Crippen LogP contribution in [0.4, 0.5) is 4.79 Å². The first kappa shape index (κ1) is 17.8. The van der Waals surface area contributed by atoms with Crippen LogP contribution in [0.3, 0.4) is 0 Å². The van der Waals surface area contributed by atoms with Crippen LogP contribution in [0.1, 0.15) is 43.4 Å². The van der Waals surface area contributed by atoms with Crippen LogP contribution in [0.2, 0.25) is 0 Å². The van der Waals surface area contributed by atoms with Crippen molar-refractivity contribution in [2.45, 2.75) is 39.2 Å². The van der Waals surface area contributed by atoms with Gasteiger partial charge >= 0.3 is 6.03 Å². The molecule has 3 amide bonds. The molecule has 2 heterocycles. The Morgan fingerprint density at radius 1 is 1.38 bits per heavy atom. The molecule has 2 aliphatic rings. The van der Waals surface area contributed by atoms with Crippen LogP contribution in [0.15, 0.2) is 17.8 Å². The van der Waals surface area contributed by atoms with Gasteiger partial charge in [0, 0.05) is 25.6 Å². The summed E-state index contributed by atoms with van der Waals surface area (Å²) in [5.74, 6) is 0.602. The lowest BCUT2D eigenvalue weighted by molar-refractivity contribution is -0.125. The average Bonchev–Trinajstić information content (AvgIpc) is 3.01. The van der Waals surface area contributed by atoms with Crippen molar-refractivity contribution in [2.24, 2.45) is 0 Å². The molecule has 7 heteroatoms. The molecule has 2 N–H and O–H groups in total. The van der Waals surface area contributed by atoms with Crippen LogP contribution in [0.5, 0.6) is 5.75 Å². The first-order chi connectivity index (χ1) is 12.3. The van der Waals surface area contributed by atoms with E-state index in [2.05, 4.69) is 16.7 Å². The van der Waals surface area contributed by atoms with Crippen molar-refractivity contribution in [2.75, 3.05) is 13.6 Å². The molecule has 1 aromatic carbocycles. The van der Waals surface area contributed by atoms with E-state index in [4.69, 9.17) is 4.74 Å². The number of amides is 3. The van der Waals surface area contributed by atoms with Gasteiger partial charge in [-0.3, -0.25) is 4.79 Å². The number of nitrogens with zero attached hydrogens (tertiary/aromatic N) is 2. The zero-order chi connectivity index (χ0) is 19.1. The van der Waals surface area contributed by atoms with Crippen molar-refractivity contribution in [1.29, 1.82) is 5.26 Å². The number of fused-ring (bicyclic) bond motifs is 1. The zero-order valence-electron chi connectivity index (χ0n) is 15.4. The van der Waals surface area contributed by atoms with Gasteiger partial charge in [0.15, 0.2) is 0 Å². The van der Waals surface area contributed by atoms with Crippen molar-refractivity contribution < 1.29 is 14.3 Å². The van der Waals surface area contributed by atoms with Crippen LogP contribution < -0.4 is 15.4 Å². The Morgan fingerprint density at radius 3 is 2.69 bits per heavy atom. The number of benzene rings is 1. The number of likely N-dealkylation sites (tertiary alicyclic amines) is 1. The Bertz CT molecular complexity index is 864. The first-order valence-corrected chi connectivity index (χ1v) is 8.57. The van der Waals surface area contributed by atoms with E-state index >= 15 is 0 Å². The second-order valence-electron chi connectivity index (χ2n) is 6.91. The lowest BCUT2D eigenvalue weighted by Gasteiger charge is -2.40. The minimum absolute atomic E-state index is 0.00150. The van der Waals surface area contributed by atoms with Crippen LogP contribution in [-0.2, 0) is 4.79 Å². The lowest BCUT2D eigenvalue weighted by Crippen LogP contribution is -2.48. The fourth-order valence-electron chi connectivity index (χ4n) is 3.46. The largest absolute Gasteiger partial charge is 0.481 e. The van der Waals surface area contributed by atoms with E-state index in [1.54, 1.807) is 17.0 Å². The van der Waals surface area contributed by atoms with Gasteiger partial charge in [-0.25, -0.2) is 4.79 Å². The molecule has 0 aromatic heterocycles. The highest BCUT2D eigenvalue weighted by molar-refractivity contribution is 5.93. The minimum atomic E-state index is -0.849. The molecule has 1 aromatic rings. The number of nitrogens with one attached hydrogen (secondary N) is 2. The number of urea groups is 1. The smallest absolute Gasteiger partial charge is 0.318 e. The molecule has 0 radical (unpaired) electrons. The average molecular weight is 354 g/mol. The third kappa shape index (κ3) is 2.77. The van der Waals surface area contributed by atoms with Gasteiger partial charge in [0.1, 0.15) is 11.4 Å². The van der Waals surface area contributed by atoms with E-state index in [0.717, 1.165) is 12.0 Å². The standard InChI is InChI=1S/C19H22N4O3/c1-11-12(10-20)7-8-13-15(11)16(23-9-5-6-14(23)24)17(19(2,3)26-13)22-18(25)21-4/h7-8H,5-6,9H2,1-4H3,(H2,21,22,25). The van der Waals surface area contributed by atoms with Gasteiger partial charge < -0.3 is 20.3 Å². The Labute approximate surface area is 152 Å². The predicted molar refractivity (Wildman–Crippen MR) is 96.1 cm³/mol. The summed E-state index contributed by atoms with van der Waals surface area (Å²) in [6.07, 6.45) is 1.22. The fourth-order valence-corrected chi connectivity index (χ4v) is 3.46. The molecule has 2 aliphatic heterocycles. The maximum atomic E-state index is 12.5. The van der Waals surface area contributed by atoms with Gasteiger partial charge in [-0.05, 0) is 44.9 Å². The molecule has 136 valence electrons. The maximum absolute atomic E-state index is 12.5. The van der Waals surface area contributed by atoms with Crippen molar-refractivity contribution >= 4 is 17.6 Å². The number of ether oxygens (including phenoxy) is 1. The Morgan fingerprint density at radius 2 is 2.12 bits per heavy atom. The summed E-state index contributed by atoms with van der Waals surface area (Å²) in [7, 11) is 1.53. The molecule has 1 fully saturated rings. The molecular formula is C19H22N4O3. The summed E-state index contributed by atoms with van der Waals surface area (Å²) in [6, 6.07) is 5.25. The second-order valence-corrected chi connectivity index (χ2v) is 6.91. The lowest BCUT2D eigenvalue weighted by atomic mass is 9.90. The highest BCUT2D eigenvalue weighted by Gasteiger charge is 2.41. The molecule has 3 rings (SSSR count). The summed E-state index contributed by atoms with van der Waals surface area (Å²) in [5.41, 5.74) is 2.21. The highest BCUT2D eigenvalue weighted by Crippen LogP contribution is 2.44. The van der Waals surface area contributed by atoms with Crippen LogP contribution in [0, 0.1) is 18.3 Å². The Balaban J connectivity index is 2.32.